The first-order valence-corrected chi connectivity index (χ1v) is 5.92. The molecule has 0 amide bonds. The van der Waals surface area contributed by atoms with E-state index in [0.29, 0.717) is 5.41 Å². The van der Waals surface area contributed by atoms with Crippen molar-refractivity contribution < 1.29 is 8.91 Å². The Morgan fingerprint density at radius 3 is 2.80 bits per heavy atom. The summed E-state index contributed by atoms with van der Waals surface area (Å²) in [5, 5.41) is 0.392. The molecule has 10 heavy (non-hydrogen) atoms. The molecule has 2 nitrogen and oxygen atoms in total. The Labute approximate surface area is 67.8 Å². The van der Waals surface area contributed by atoms with Crippen LogP contribution < -0.4 is 0 Å². The van der Waals surface area contributed by atoms with Gasteiger partial charge in [0.2, 0.25) is 9.76 Å². The van der Waals surface area contributed by atoms with Gasteiger partial charge in [-0.3, -0.25) is 0 Å². The maximum Gasteiger partial charge on any atom is 0.221 e. The molecule has 0 rings (SSSR count). The maximum absolute atomic E-state index is 10.9. The third-order valence-electron chi connectivity index (χ3n) is 1.36. The predicted molar refractivity (Wildman–Crippen MR) is 48.7 cm³/mol. The van der Waals surface area contributed by atoms with Gasteiger partial charge in [-0.15, -0.1) is 0 Å². The lowest BCUT2D eigenvalue weighted by atomic mass is 10.2. The Hall–Kier alpha value is 0.0638. The highest BCUT2D eigenvalue weighted by Gasteiger charge is 1.99. The second kappa shape index (κ2) is 7.17. The van der Waals surface area contributed by atoms with E-state index in [9.17, 15) is 4.79 Å². The van der Waals surface area contributed by atoms with Gasteiger partial charge in [-0.1, -0.05) is 19.8 Å². The highest BCUT2D eigenvalue weighted by molar-refractivity contribution is 6.70. The molecule has 0 spiro atoms. The molecule has 4 heteroatoms. The fourth-order valence-electron chi connectivity index (χ4n) is 0.805. The molecular weight excluding hydrogens is 160 g/mol. The summed E-state index contributed by atoms with van der Waals surface area (Å²) < 4.78 is 4.96. The van der Waals surface area contributed by atoms with E-state index in [0.717, 1.165) is 23.3 Å². The van der Waals surface area contributed by atoms with Crippen LogP contribution in [-0.4, -0.2) is 25.7 Å². The zero-order valence-electron chi connectivity index (χ0n) is 6.85. The van der Waals surface area contributed by atoms with E-state index in [2.05, 4.69) is 6.92 Å². The van der Waals surface area contributed by atoms with E-state index < -0.39 is 9.76 Å². The molecule has 0 unspecified atom stereocenters. The van der Waals surface area contributed by atoms with Crippen LogP contribution in [0.2, 0.25) is 0 Å². The van der Waals surface area contributed by atoms with Crippen molar-refractivity contribution in [3.8, 4) is 0 Å². The van der Waals surface area contributed by atoms with E-state index in [-0.39, 0.29) is 0 Å². The lowest BCUT2D eigenvalue weighted by Crippen LogP contribution is -2.10. The number of hydrogen-bond donors (Lipinski definition) is 0. The van der Waals surface area contributed by atoms with Crippen molar-refractivity contribution in [1.82, 2.24) is 0 Å². The Morgan fingerprint density at radius 2 is 2.30 bits per heavy atom. The molecule has 0 aliphatic rings. The van der Waals surface area contributed by atoms with Crippen molar-refractivity contribution >= 4 is 25.7 Å². The average Bonchev–Trinajstić information content (AvgIpc) is 1.89. The van der Waals surface area contributed by atoms with Gasteiger partial charge in [0.1, 0.15) is 15.9 Å². The van der Waals surface area contributed by atoms with Crippen molar-refractivity contribution in [3.63, 3.8) is 0 Å². The zero-order chi connectivity index (χ0) is 7.82. The van der Waals surface area contributed by atoms with Crippen molar-refractivity contribution in [2.75, 3.05) is 0 Å². The van der Waals surface area contributed by atoms with E-state index in [1.165, 1.54) is 12.8 Å². The summed E-state index contributed by atoms with van der Waals surface area (Å²) in [7, 11) is -0.0217. The number of unbranched alkanes of at least 4 members (excludes halogenated alkanes) is 2. The minimum absolute atomic E-state index is 0.392. The van der Waals surface area contributed by atoms with Gasteiger partial charge in [-0.2, -0.15) is 0 Å². The van der Waals surface area contributed by atoms with Gasteiger partial charge < -0.3 is 8.91 Å². The predicted octanol–water partition coefficient (Wildman–Crippen LogP) is -0.526. The van der Waals surface area contributed by atoms with Crippen LogP contribution in [0.25, 0.3) is 0 Å². The van der Waals surface area contributed by atoms with E-state index >= 15 is 0 Å². The normalized spacial score (nSPS) is 11.3. The molecular formula is C6H16O2Si2. The van der Waals surface area contributed by atoms with Gasteiger partial charge in [0.15, 0.2) is 0 Å². The second-order valence-corrected chi connectivity index (χ2v) is 5.82. The minimum Gasteiger partial charge on any atom is -0.463 e. The third-order valence-corrected chi connectivity index (χ3v) is 3.19. The molecule has 0 saturated carbocycles. The molecule has 0 bridgehead atoms. The highest BCUT2D eigenvalue weighted by atomic mass is 28.3. The lowest BCUT2D eigenvalue weighted by molar-refractivity contribution is -0.112. The first-order valence-electron chi connectivity index (χ1n) is 3.82. The first kappa shape index (κ1) is 10.1. The summed E-state index contributed by atoms with van der Waals surface area (Å²) in [6.07, 6.45) is 4.20. The summed E-state index contributed by atoms with van der Waals surface area (Å²) in [5.74, 6) is 0. The quantitative estimate of drug-likeness (QED) is 0.402. The Balaban J connectivity index is 3.05. The number of carbonyl (C=O) groups is 1. The van der Waals surface area contributed by atoms with Gasteiger partial charge in [0.05, 0.1) is 0 Å². The summed E-state index contributed by atoms with van der Waals surface area (Å²) in [6.45, 7) is 2.14. The number of rotatable bonds is 6. The molecule has 0 fully saturated rings. The van der Waals surface area contributed by atoms with Gasteiger partial charge in [-0.25, -0.2) is 0 Å². The van der Waals surface area contributed by atoms with Gasteiger partial charge in [0.25, 0.3) is 0 Å². The van der Waals surface area contributed by atoms with E-state index in [1.54, 1.807) is 0 Å². The monoisotopic (exact) mass is 176 g/mol. The topological polar surface area (TPSA) is 26.3 Å². The summed E-state index contributed by atoms with van der Waals surface area (Å²) >= 11 is 0. The third kappa shape index (κ3) is 6.19. The molecule has 0 aromatic heterocycles. The van der Waals surface area contributed by atoms with Crippen LogP contribution in [0.5, 0.6) is 0 Å². The first-order chi connectivity index (χ1) is 4.81. The van der Waals surface area contributed by atoms with Crippen LogP contribution in [0.4, 0.5) is 0 Å². The Bertz CT molecular complexity index is 95.7. The van der Waals surface area contributed by atoms with Crippen molar-refractivity contribution in [2.24, 2.45) is 0 Å². The van der Waals surface area contributed by atoms with Crippen molar-refractivity contribution in [2.45, 2.75) is 32.6 Å². The Morgan fingerprint density at radius 1 is 1.60 bits per heavy atom. The Kier molecular flexibility index (Phi) is 7.22. The van der Waals surface area contributed by atoms with Crippen molar-refractivity contribution in [3.05, 3.63) is 0 Å². The van der Waals surface area contributed by atoms with Crippen LogP contribution in [0, 0.1) is 0 Å². The van der Waals surface area contributed by atoms with Gasteiger partial charge in [0, 0.05) is 6.42 Å². The summed E-state index contributed by atoms with van der Waals surface area (Å²) in [4.78, 5) is 10.9. The van der Waals surface area contributed by atoms with Crippen LogP contribution in [0.1, 0.15) is 32.6 Å². The van der Waals surface area contributed by atoms with Gasteiger partial charge >= 0.3 is 0 Å². The fraction of sp³-hybridized carbons (Fsp3) is 0.833. The molecule has 0 aromatic rings. The van der Waals surface area contributed by atoms with E-state index in [4.69, 9.17) is 4.12 Å². The largest absolute Gasteiger partial charge is 0.463 e. The molecule has 0 aromatic carbocycles. The maximum atomic E-state index is 10.9. The summed E-state index contributed by atoms with van der Waals surface area (Å²) in [5.41, 5.74) is 0. The number of carbonyl (C=O) groups excluding carboxylic acids is 1. The van der Waals surface area contributed by atoms with E-state index in [1.807, 2.05) is 0 Å². The average molecular weight is 176 g/mol. The fourth-order valence-corrected chi connectivity index (χ4v) is 2.49. The summed E-state index contributed by atoms with van der Waals surface area (Å²) in [6, 6.07) is 0. The second-order valence-electron chi connectivity index (χ2n) is 2.43. The smallest absolute Gasteiger partial charge is 0.221 e. The lowest BCUT2D eigenvalue weighted by Gasteiger charge is -1.96. The molecule has 60 valence electrons. The van der Waals surface area contributed by atoms with Crippen molar-refractivity contribution in [1.29, 1.82) is 0 Å². The van der Waals surface area contributed by atoms with Crippen LogP contribution in [0.15, 0.2) is 0 Å². The molecule has 0 atom stereocenters. The van der Waals surface area contributed by atoms with Crippen LogP contribution >= 0.6 is 0 Å². The minimum atomic E-state index is -0.759. The molecule has 0 N–H and O–H groups in total. The highest BCUT2D eigenvalue weighted by Crippen LogP contribution is 1.98. The van der Waals surface area contributed by atoms with Crippen LogP contribution in [-0.2, 0) is 8.91 Å². The SMILES string of the molecule is CCCCCC(=O)[SiH2]O[SiH3]. The standard InChI is InChI=1S/C6H16O2Si2/c1-2-3-4-5-6(7)10-8-9/h2-5,10H2,1,9H3. The van der Waals surface area contributed by atoms with Crippen LogP contribution in [0.3, 0.4) is 0 Å². The molecule has 0 radical (unpaired) electrons. The molecule has 0 aliphatic carbocycles. The zero-order valence-corrected chi connectivity index (χ0v) is 10.3. The van der Waals surface area contributed by atoms with Gasteiger partial charge in [-0.05, 0) is 6.42 Å². The molecule has 0 heterocycles. The number of hydrogen-bond acceptors (Lipinski definition) is 2. The molecule has 0 aliphatic heterocycles. The molecule has 0 saturated heterocycles.